The van der Waals surface area contributed by atoms with Crippen LogP contribution in [0.15, 0.2) is 47.8 Å². The summed E-state index contributed by atoms with van der Waals surface area (Å²) in [6.45, 7) is 2.04. The monoisotopic (exact) mass is 303 g/mol. The maximum atomic E-state index is 4.41. The van der Waals surface area contributed by atoms with Gasteiger partial charge in [-0.05, 0) is 36.8 Å². The maximum Gasteiger partial charge on any atom is 0.265 e. The van der Waals surface area contributed by atoms with Crippen molar-refractivity contribution in [2.45, 2.75) is 6.92 Å². The second-order valence-corrected chi connectivity index (χ2v) is 5.16. The van der Waals surface area contributed by atoms with E-state index in [-0.39, 0.29) is 0 Å². The standard InChI is InChI=1S/C16H13N7/c1-10-2-3-13-12(8-10)14-15(19-13)20-16(23-21-14)22-18-9-11-4-6-17-7-5-11/h2-9H,1H3,(H2,19,20,22,23)/b18-9-. The van der Waals surface area contributed by atoms with Crippen molar-refractivity contribution in [1.82, 2.24) is 25.1 Å². The summed E-state index contributed by atoms with van der Waals surface area (Å²) in [5.74, 6) is 0.339. The van der Waals surface area contributed by atoms with E-state index in [9.17, 15) is 0 Å². The highest BCUT2D eigenvalue weighted by Crippen LogP contribution is 2.23. The lowest BCUT2D eigenvalue weighted by atomic mass is 10.2. The second-order valence-electron chi connectivity index (χ2n) is 5.16. The lowest BCUT2D eigenvalue weighted by molar-refractivity contribution is 1.01. The molecule has 7 heteroatoms. The van der Waals surface area contributed by atoms with Crippen LogP contribution in [0, 0.1) is 6.92 Å². The van der Waals surface area contributed by atoms with E-state index >= 15 is 0 Å². The molecule has 3 aromatic heterocycles. The van der Waals surface area contributed by atoms with Gasteiger partial charge >= 0.3 is 0 Å². The smallest absolute Gasteiger partial charge is 0.265 e. The molecule has 0 bridgehead atoms. The molecule has 2 N–H and O–H groups in total. The number of H-pyrrole nitrogens is 1. The molecule has 0 aliphatic heterocycles. The fourth-order valence-electron chi connectivity index (χ4n) is 2.35. The van der Waals surface area contributed by atoms with Crippen LogP contribution in [0.4, 0.5) is 5.95 Å². The quantitative estimate of drug-likeness (QED) is 0.448. The Labute approximate surface area is 131 Å². The van der Waals surface area contributed by atoms with E-state index in [1.54, 1.807) is 18.6 Å². The van der Waals surface area contributed by atoms with E-state index in [0.717, 1.165) is 22.0 Å². The van der Waals surface area contributed by atoms with Crippen LogP contribution in [0.3, 0.4) is 0 Å². The lowest BCUT2D eigenvalue weighted by Gasteiger charge is -1.97. The van der Waals surface area contributed by atoms with Crippen molar-refractivity contribution >= 4 is 34.2 Å². The number of aromatic nitrogens is 5. The number of nitrogens with zero attached hydrogens (tertiary/aromatic N) is 5. The summed E-state index contributed by atoms with van der Waals surface area (Å²) in [6.07, 6.45) is 5.08. The van der Waals surface area contributed by atoms with Gasteiger partial charge in [0, 0.05) is 23.3 Å². The average Bonchev–Trinajstić information content (AvgIpc) is 2.93. The Hall–Kier alpha value is -3.35. The molecule has 1 aromatic carbocycles. The summed E-state index contributed by atoms with van der Waals surface area (Å²) >= 11 is 0. The lowest BCUT2D eigenvalue weighted by Crippen LogP contribution is -1.99. The zero-order valence-corrected chi connectivity index (χ0v) is 12.4. The summed E-state index contributed by atoms with van der Waals surface area (Å²) < 4.78 is 0. The molecule has 7 nitrogen and oxygen atoms in total. The molecule has 0 radical (unpaired) electrons. The van der Waals surface area contributed by atoms with Crippen LogP contribution >= 0.6 is 0 Å². The third-order valence-corrected chi connectivity index (χ3v) is 3.45. The Morgan fingerprint density at radius 3 is 2.87 bits per heavy atom. The van der Waals surface area contributed by atoms with Crippen molar-refractivity contribution in [2.24, 2.45) is 5.10 Å². The zero-order chi connectivity index (χ0) is 15.6. The normalized spacial score (nSPS) is 11.5. The van der Waals surface area contributed by atoms with Crippen LogP contribution in [-0.2, 0) is 0 Å². The van der Waals surface area contributed by atoms with Crippen LogP contribution < -0.4 is 5.43 Å². The SMILES string of the molecule is Cc1ccc2[nH]c3nc(N/N=C\c4ccncc4)nnc3c2c1. The van der Waals surface area contributed by atoms with E-state index < -0.39 is 0 Å². The summed E-state index contributed by atoms with van der Waals surface area (Å²) in [5.41, 5.74) is 7.32. The molecule has 0 spiro atoms. The first-order chi connectivity index (χ1) is 11.3. The van der Waals surface area contributed by atoms with Crippen LogP contribution in [0.1, 0.15) is 11.1 Å². The van der Waals surface area contributed by atoms with Crippen molar-refractivity contribution in [3.63, 3.8) is 0 Å². The number of anilines is 1. The van der Waals surface area contributed by atoms with Crippen molar-refractivity contribution in [3.8, 4) is 0 Å². The molecule has 4 rings (SSSR count). The number of aryl methyl sites for hydroxylation is 1. The van der Waals surface area contributed by atoms with Gasteiger partial charge < -0.3 is 4.98 Å². The summed E-state index contributed by atoms with van der Waals surface area (Å²) in [5, 5.41) is 13.4. The highest BCUT2D eigenvalue weighted by molar-refractivity contribution is 6.03. The third kappa shape index (κ3) is 2.59. The highest BCUT2D eigenvalue weighted by atomic mass is 15.4. The first-order valence-corrected chi connectivity index (χ1v) is 7.11. The van der Waals surface area contributed by atoms with Gasteiger partial charge in [0.05, 0.1) is 6.21 Å². The minimum atomic E-state index is 0.339. The number of rotatable bonds is 3. The van der Waals surface area contributed by atoms with Crippen LogP contribution in [0.2, 0.25) is 0 Å². The molecule has 3 heterocycles. The number of pyridine rings is 1. The minimum Gasteiger partial charge on any atom is -0.338 e. The molecule has 0 saturated heterocycles. The molecule has 0 saturated carbocycles. The fourth-order valence-corrected chi connectivity index (χ4v) is 2.35. The zero-order valence-electron chi connectivity index (χ0n) is 12.4. The Morgan fingerprint density at radius 2 is 2.00 bits per heavy atom. The number of fused-ring (bicyclic) bond motifs is 3. The van der Waals surface area contributed by atoms with Crippen molar-refractivity contribution in [2.75, 3.05) is 5.43 Å². The molecule has 0 amide bonds. The average molecular weight is 303 g/mol. The van der Waals surface area contributed by atoms with E-state index in [0.29, 0.717) is 11.6 Å². The van der Waals surface area contributed by atoms with Gasteiger partial charge in [-0.1, -0.05) is 11.6 Å². The first kappa shape index (κ1) is 13.3. The van der Waals surface area contributed by atoms with Crippen LogP contribution in [0.25, 0.3) is 22.1 Å². The molecule has 0 unspecified atom stereocenters. The number of hydrogen-bond donors (Lipinski definition) is 2. The number of aromatic amines is 1. The molecule has 0 aliphatic rings. The number of benzene rings is 1. The van der Waals surface area contributed by atoms with Crippen molar-refractivity contribution in [1.29, 1.82) is 0 Å². The topological polar surface area (TPSA) is 91.7 Å². The Kier molecular flexibility index (Phi) is 3.16. The molecule has 0 fully saturated rings. The summed E-state index contributed by atoms with van der Waals surface area (Å²) in [4.78, 5) is 11.6. The Morgan fingerprint density at radius 1 is 1.13 bits per heavy atom. The fraction of sp³-hybridized carbons (Fsp3) is 0.0625. The second kappa shape index (κ2) is 5.45. The molecular weight excluding hydrogens is 290 g/mol. The molecule has 4 aromatic rings. The van der Waals surface area contributed by atoms with Crippen molar-refractivity contribution in [3.05, 3.63) is 53.9 Å². The van der Waals surface area contributed by atoms with Crippen LogP contribution in [-0.4, -0.2) is 31.4 Å². The van der Waals surface area contributed by atoms with Gasteiger partial charge in [0.25, 0.3) is 5.95 Å². The number of nitrogens with one attached hydrogen (secondary N) is 2. The minimum absolute atomic E-state index is 0.339. The van der Waals surface area contributed by atoms with Gasteiger partial charge in [0.15, 0.2) is 5.65 Å². The van der Waals surface area contributed by atoms with Crippen molar-refractivity contribution < 1.29 is 0 Å². The van der Waals surface area contributed by atoms with E-state index in [4.69, 9.17) is 0 Å². The van der Waals surface area contributed by atoms with Gasteiger partial charge in [-0.2, -0.15) is 10.1 Å². The summed E-state index contributed by atoms with van der Waals surface area (Å²) in [6, 6.07) is 9.84. The van der Waals surface area contributed by atoms with Gasteiger partial charge in [-0.3, -0.25) is 4.98 Å². The molecule has 0 aliphatic carbocycles. The predicted octanol–water partition coefficient (Wildman–Crippen LogP) is 2.66. The highest BCUT2D eigenvalue weighted by Gasteiger charge is 2.08. The van der Waals surface area contributed by atoms with Gasteiger partial charge in [0.2, 0.25) is 0 Å². The van der Waals surface area contributed by atoms with Gasteiger partial charge in [-0.15, -0.1) is 10.2 Å². The van der Waals surface area contributed by atoms with Crippen LogP contribution in [0.5, 0.6) is 0 Å². The summed E-state index contributed by atoms with van der Waals surface area (Å²) in [7, 11) is 0. The maximum absolute atomic E-state index is 4.41. The van der Waals surface area contributed by atoms with E-state index in [1.165, 1.54) is 5.56 Å². The molecule has 112 valence electrons. The number of hydrogen-bond acceptors (Lipinski definition) is 6. The van der Waals surface area contributed by atoms with E-state index in [2.05, 4.69) is 41.7 Å². The van der Waals surface area contributed by atoms with E-state index in [1.807, 2.05) is 31.2 Å². The Bertz CT molecular complexity index is 1000. The first-order valence-electron chi connectivity index (χ1n) is 7.11. The molecular formula is C16H13N7. The number of hydrazone groups is 1. The van der Waals surface area contributed by atoms with Gasteiger partial charge in [0.1, 0.15) is 5.52 Å². The van der Waals surface area contributed by atoms with Gasteiger partial charge in [-0.25, -0.2) is 5.43 Å². The third-order valence-electron chi connectivity index (χ3n) is 3.45. The predicted molar refractivity (Wildman–Crippen MR) is 89.4 cm³/mol. The molecule has 23 heavy (non-hydrogen) atoms. The molecule has 0 atom stereocenters. The Balaban J connectivity index is 1.64. The largest absolute Gasteiger partial charge is 0.338 e.